The molecule has 1 aliphatic heterocycles. The number of nitriles is 2. The summed E-state index contributed by atoms with van der Waals surface area (Å²) in [6.45, 7) is 2.94. The zero-order valence-corrected chi connectivity index (χ0v) is 12.9. The highest BCUT2D eigenvalue weighted by atomic mass is 32.2. The highest BCUT2D eigenvalue weighted by Gasteiger charge is 2.25. The average molecular weight is 303 g/mol. The topological polar surface area (TPSA) is 50.8 Å². The first-order valence-corrected chi connectivity index (χ1v) is 7.79. The Balaban J connectivity index is 2.12. The van der Waals surface area contributed by atoms with Crippen molar-refractivity contribution in [3.05, 3.63) is 59.2 Å². The highest BCUT2D eigenvalue weighted by Crippen LogP contribution is 2.49. The Bertz CT molecular complexity index is 865. The molecule has 22 heavy (non-hydrogen) atoms. The van der Waals surface area contributed by atoms with Gasteiger partial charge in [-0.15, -0.1) is 0 Å². The largest absolute Gasteiger partial charge is 0.335 e. The van der Waals surface area contributed by atoms with Gasteiger partial charge in [0.15, 0.2) is 0 Å². The number of allylic oxidation sites excluding steroid dienone is 3. The second-order valence-electron chi connectivity index (χ2n) is 4.79. The minimum Gasteiger partial charge on any atom is -0.335 e. The summed E-state index contributed by atoms with van der Waals surface area (Å²) in [7, 11) is 0. The van der Waals surface area contributed by atoms with Crippen LogP contribution in [0.3, 0.4) is 0 Å². The van der Waals surface area contributed by atoms with Crippen molar-refractivity contribution in [1.29, 1.82) is 10.5 Å². The molecule has 0 spiro atoms. The molecule has 1 heterocycles. The maximum Gasteiger partial charge on any atom is 0.129 e. The third-order valence-corrected chi connectivity index (χ3v) is 4.68. The van der Waals surface area contributed by atoms with Crippen LogP contribution in [0.4, 0.5) is 5.69 Å². The van der Waals surface area contributed by atoms with Gasteiger partial charge >= 0.3 is 0 Å². The van der Waals surface area contributed by atoms with Crippen molar-refractivity contribution in [2.75, 3.05) is 11.4 Å². The van der Waals surface area contributed by atoms with E-state index in [0.717, 1.165) is 11.6 Å². The molecule has 4 heteroatoms. The molecular weight excluding hydrogens is 290 g/mol. The summed E-state index contributed by atoms with van der Waals surface area (Å²) < 4.78 is 0. The number of hydrogen-bond donors (Lipinski definition) is 0. The Hall–Kier alpha value is -2.69. The van der Waals surface area contributed by atoms with E-state index in [1.165, 1.54) is 21.4 Å². The fourth-order valence-electron chi connectivity index (χ4n) is 2.57. The van der Waals surface area contributed by atoms with E-state index < -0.39 is 0 Å². The van der Waals surface area contributed by atoms with Crippen LogP contribution in [0.1, 0.15) is 6.92 Å². The molecule has 106 valence electrons. The van der Waals surface area contributed by atoms with Crippen LogP contribution in [0, 0.1) is 22.7 Å². The van der Waals surface area contributed by atoms with Gasteiger partial charge in [0, 0.05) is 16.8 Å². The number of benzene rings is 2. The van der Waals surface area contributed by atoms with Gasteiger partial charge in [0.1, 0.15) is 17.7 Å². The first-order valence-electron chi connectivity index (χ1n) is 6.97. The molecule has 0 fully saturated rings. The van der Waals surface area contributed by atoms with Crippen molar-refractivity contribution in [1.82, 2.24) is 0 Å². The van der Waals surface area contributed by atoms with Crippen molar-refractivity contribution in [3.8, 4) is 12.1 Å². The molecule has 0 aliphatic carbocycles. The smallest absolute Gasteiger partial charge is 0.129 e. The van der Waals surface area contributed by atoms with E-state index in [9.17, 15) is 0 Å². The van der Waals surface area contributed by atoms with Crippen LogP contribution in [0.15, 0.2) is 64.0 Å². The summed E-state index contributed by atoms with van der Waals surface area (Å²) in [5.74, 6) is 0. The maximum atomic E-state index is 8.85. The van der Waals surface area contributed by atoms with E-state index in [-0.39, 0.29) is 5.57 Å². The minimum atomic E-state index is 0.116. The van der Waals surface area contributed by atoms with Crippen LogP contribution in [-0.4, -0.2) is 6.54 Å². The Morgan fingerprint density at radius 2 is 1.95 bits per heavy atom. The number of nitrogens with zero attached hydrogens (tertiary/aromatic N) is 3. The second kappa shape index (κ2) is 5.97. The number of hydrogen-bond acceptors (Lipinski definition) is 4. The molecule has 0 unspecified atom stereocenters. The molecule has 0 radical (unpaired) electrons. The second-order valence-corrected chi connectivity index (χ2v) is 5.85. The number of fused-ring (bicyclic) bond motifs is 3. The number of thioether (sulfide) groups is 1. The molecule has 0 N–H and O–H groups in total. The van der Waals surface area contributed by atoms with Crippen LogP contribution in [0.5, 0.6) is 0 Å². The van der Waals surface area contributed by atoms with Crippen LogP contribution in [-0.2, 0) is 0 Å². The summed E-state index contributed by atoms with van der Waals surface area (Å²) in [4.78, 5) is 3.43. The SMILES string of the molecule is CCN1C(=CC=C(C#N)C#N)Sc2ccc3ccccc3c21. The standard InChI is InChI=1S/C18H13N3S/c1-2-21-17(10-7-13(11-19)12-20)22-16-9-8-14-5-3-4-6-15(14)18(16)21/h3-10H,2H2,1H3. The molecule has 0 saturated carbocycles. The fourth-order valence-corrected chi connectivity index (χ4v) is 3.71. The van der Waals surface area contributed by atoms with Crippen LogP contribution in [0.2, 0.25) is 0 Å². The predicted octanol–water partition coefficient (Wildman–Crippen LogP) is 4.59. The molecule has 0 atom stereocenters. The molecule has 3 rings (SSSR count). The van der Waals surface area contributed by atoms with Gasteiger partial charge in [-0.1, -0.05) is 42.1 Å². The number of anilines is 1. The Kier molecular flexibility index (Phi) is 3.87. The van der Waals surface area contributed by atoms with Crippen LogP contribution < -0.4 is 4.90 Å². The Morgan fingerprint density at radius 1 is 1.18 bits per heavy atom. The van der Waals surface area contributed by atoms with Gasteiger partial charge in [-0.05, 0) is 30.5 Å². The lowest BCUT2D eigenvalue weighted by Crippen LogP contribution is -2.16. The van der Waals surface area contributed by atoms with E-state index >= 15 is 0 Å². The molecule has 2 aromatic rings. The van der Waals surface area contributed by atoms with Crippen LogP contribution in [0.25, 0.3) is 10.8 Å². The molecule has 0 saturated heterocycles. The van der Waals surface area contributed by atoms with Crippen molar-refractivity contribution in [2.45, 2.75) is 11.8 Å². The normalized spacial score (nSPS) is 14.5. The summed E-state index contributed by atoms with van der Waals surface area (Å²) >= 11 is 1.67. The van der Waals surface area contributed by atoms with E-state index in [1.54, 1.807) is 17.8 Å². The lowest BCUT2D eigenvalue weighted by atomic mass is 10.1. The van der Waals surface area contributed by atoms with Crippen molar-refractivity contribution < 1.29 is 0 Å². The number of rotatable bonds is 2. The zero-order chi connectivity index (χ0) is 15.5. The van der Waals surface area contributed by atoms with E-state index in [2.05, 4.69) is 36.1 Å². The molecular formula is C18H13N3S. The minimum absolute atomic E-state index is 0.116. The predicted molar refractivity (Wildman–Crippen MR) is 90.2 cm³/mol. The lowest BCUT2D eigenvalue weighted by molar-refractivity contribution is 1.01. The first kappa shape index (κ1) is 14.3. The molecule has 0 amide bonds. The highest BCUT2D eigenvalue weighted by molar-refractivity contribution is 8.03. The maximum absolute atomic E-state index is 8.85. The Morgan fingerprint density at radius 3 is 2.68 bits per heavy atom. The van der Waals surface area contributed by atoms with Crippen molar-refractivity contribution in [2.24, 2.45) is 0 Å². The monoisotopic (exact) mass is 303 g/mol. The quantitative estimate of drug-likeness (QED) is 0.762. The van der Waals surface area contributed by atoms with Gasteiger partial charge in [-0.3, -0.25) is 0 Å². The Labute approximate surface area is 133 Å². The summed E-state index contributed by atoms with van der Waals surface area (Å²) in [6.07, 6.45) is 3.43. The van der Waals surface area contributed by atoms with Crippen molar-refractivity contribution >= 4 is 28.2 Å². The van der Waals surface area contributed by atoms with E-state index in [1.807, 2.05) is 30.3 Å². The van der Waals surface area contributed by atoms with E-state index in [0.29, 0.717) is 0 Å². The third kappa shape index (κ3) is 2.35. The molecule has 2 aromatic carbocycles. The van der Waals surface area contributed by atoms with Crippen molar-refractivity contribution in [3.63, 3.8) is 0 Å². The zero-order valence-electron chi connectivity index (χ0n) is 12.1. The summed E-state index contributed by atoms with van der Waals surface area (Å²) in [5, 5.41) is 21.2. The van der Waals surface area contributed by atoms with Gasteiger partial charge < -0.3 is 4.90 Å². The average Bonchev–Trinajstić information content (AvgIpc) is 2.93. The third-order valence-electron chi connectivity index (χ3n) is 3.56. The summed E-state index contributed by atoms with van der Waals surface area (Å²) in [6, 6.07) is 16.4. The molecule has 1 aliphatic rings. The fraction of sp³-hybridized carbons (Fsp3) is 0.111. The molecule has 0 bridgehead atoms. The van der Waals surface area contributed by atoms with Crippen LogP contribution >= 0.6 is 11.8 Å². The van der Waals surface area contributed by atoms with Gasteiger partial charge in [0.2, 0.25) is 0 Å². The molecule has 0 aromatic heterocycles. The van der Waals surface area contributed by atoms with Gasteiger partial charge in [0.25, 0.3) is 0 Å². The first-order chi connectivity index (χ1) is 10.8. The van der Waals surface area contributed by atoms with Gasteiger partial charge in [-0.2, -0.15) is 10.5 Å². The van der Waals surface area contributed by atoms with Gasteiger partial charge in [0.05, 0.1) is 10.7 Å². The van der Waals surface area contributed by atoms with E-state index in [4.69, 9.17) is 10.5 Å². The van der Waals surface area contributed by atoms with Gasteiger partial charge in [-0.25, -0.2) is 0 Å². The lowest BCUT2D eigenvalue weighted by Gasteiger charge is -2.19. The molecule has 3 nitrogen and oxygen atoms in total. The summed E-state index contributed by atoms with van der Waals surface area (Å²) in [5.41, 5.74) is 1.32.